The molecule has 7 aromatic rings. The molecule has 10 heteroatoms. The predicted octanol–water partition coefficient (Wildman–Crippen LogP) is 5.57. The lowest BCUT2D eigenvalue weighted by Gasteiger charge is -2.22. The van der Waals surface area contributed by atoms with Gasteiger partial charge in [0.1, 0.15) is 22.2 Å². The molecule has 7 rings (SSSR count). The van der Waals surface area contributed by atoms with Crippen LogP contribution in [0.2, 0.25) is 0 Å². The summed E-state index contributed by atoms with van der Waals surface area (Å²) >= 11 is 1.46. The topological polar surface area (TPSA) is 111 Å². The molecular weight excluding hydrogens is 508 g/mol. The van der Waals surface area contributed by atoms with E-state index in [2.05, 4.69) is 41.3 Å². The average Bonchev–Trinajstić information content (AvgIpc) is 3.47. The first kappa shape index (κ1) is 23.1. The molecule has 0 aliphatic carbocycles. The predicted molar refractivity (Wildman–Crippen MR) is 153 cm³/mol. The summed E-state index contributed by atoms with van der Waals surface area (Å²) in [6.45, 7) is 2.01. The third-order valence-electron chi connectivity index (χ3n) is 6.66. The molecule has 0 amide bonds. The van der Waals surface area contributed by atoms with Crippen LogP contribution in [0.4, 0.5) is 5.82 Å². The zero-order valence-electron chi connectivity index (χ0n) is 20.7. The third kappa shape index (κ3) is 3.98. The number of benzene rings is 2. The second-order valence-electron chi connectivity index (χ2n) is 9.03. The first-order chi connectivity index (χ1) is 19.2. The van der Waals surface area contributed by atoms with Gasteiger partial charge in [-0.15, -0.1) is 11.3 Å². The third-order valence-corrected chi connectivity index (χ3v) is 7.39. The number of pyridine rings is 2. The Kier molecular flexibility index (Phi) is 5.52. The molecule has 5 aromatic heterocycles. The molecule has 5 heterocycles. The van der Waals surface area contributed by atoms with Crippen molar-refractivity contribution in [2.24, 2.45) is 0 Å². The second kappa shape index (κ2) is 9.34. The maximum absolute atomic E-state index is 14.4. The van der Waals surface area contributed by atoms with Gasteiger partial charge < -0.3 is 5.32 Å². The van der Waals surface area contributed by atoms with E-state index >= 15 is 0 Å². The van der Waals surface area contributed by atoms with Crippen LogP contribution in [-0.2, 0) is 0 Å². The molecular formula is C29H20N8OS. The fourth-order valence-electron chi connectivity index (χ4n) is 4.87. The van der Waals surface area contributed by atoms with Crippen LogP contribution < -0.4 is 10.9 Å². The Morgan fingerprint density at radius 1 is 0.897 bits per heavy atom. The van der Waals surface area contributed by atoms with E-state index in [0.717, 1.165) is 32.7 Å². The van der Waals surface area contributed by atoms with Crippen LogP contribution in [0.1, 0.15) is 18.7 Å². The number of hydrogen-bond acceptors (Lipinski definition) is 9. The van der Waals surface area contributed by atoms with Crippen molar-refractivity contribution in [2.45, 2.75) is 13.0 Å². The van der Waals surface area contributed by atoms with Crippen LogP contribution >= 0.6 is 11.3 Å². The molecule has 39 heavy (non-hydrogen) atoms. The zero-order chi connectivity index (χ0) is 26.3. The fourth-order valence-corrected chi connectivity index (χ4v) is 5.50. The summed E-state index contributed by atoms with van der Waals surface area (Å²) in [6, 6.07) is 19.2. The molecule has 188 valence electrons. The van der Waals surface area contributed by atoms with Crippen LogP contribution in [0.3, 0.4) is 0 Å². The molecule has 0 radical (unpaired) electrons. The molecule has 0 aliphatic heterocycles. The van der Waals surface area contributed by atoms with Crippen molar-refractivity contribution in [3.63, 3.8) is 0 Å². The largest absolute Gasteiger partial charge is 0.360 e. The number of rotatable bonds is 5. The Morgan fingerprint density at radius 2 is 1.77 bits per heavy atom. The van der Waals surface area contributed by atoms with E-state index in [1.165, 1.54) is 17.7 Å². The van der Waals surface area contributed by atoms with Gasteiger partial charge in [0.2, 0.25) is 0 Å². The number of thiazole rings is 1. The molecule has 1 atom stereocenters. The van der Waals surface area contributed by atoms with Crippen LogP contribution in [0, 0.1) is 0 Å². The van der Waals surface area contributed by atoms with Crippen molar-refractivity contribution in [1.82, 2.24) is 34.5 Å². The van der Waals surface area contributed by atoms with Crippen LogP contribution in [0.15, 0.2) is 95.9 Å². The van der Waals surface area contributed by atoms with Gasteiger partial charge in [0.15, 0.2) is 11.5 Å². The summed E-state index contributed by atoms with van der Waals surface area (Å²) < 4.78 is 1.76. The smallest absolute Gasteiger partial charge is 0.263 e. The summed E-state index contributed by atoms with van der Waals surface area (Å²) in [5.41, 5.74) is 6.71. The average molecular weight is 529 g/mol. The molecule has 0 spiro atoms. The Balaban J connectivity index is 1.44. The van der Waals surface area contributed by atoms with E-state index in [4.69, 9.17) is 0 Å². The van der Waals surface area contributed by atoms with Crippen LogP contribution in [0.5, 0.6) is 0 Å². The van der Waals surface area contributed by atoms with E-state index in [0.29, 0.717) is 27.9 Å². The van der Waals surface area contributed by atoms with E-state index in [-0.39, 0.29) is 11.6 Å². The van der Waals surface area contributed by atoms with Crippen molar-refractivity contribution in [1.29, 1.82) is 0 Å². The van der Waals surface area contributed by atoms with Gasteiger partial charge in [0.05, 0.1) is 16.9 Å². The molecule has 0 aliphatic rings. The second-order valence-corrected chi connectivity index (χ2v) is 9.87. The lowest BCUT2D eigenvalue weighted by molar-refractivity contribution is 0.774. The Hall–Kier alpha value is -5.09. The lowest BCUT2D eigenvalue weighted by Crippen LogP contribution is -2.26. The summed E-state index contributed by atoms with van der Waals surface area (Å²) in [6.07, 6.45) is 6.51. The number of nitrogens with one attached hydrogen (secondary N) is 1. The van der Waals surface area contributed by atoms with Crippen molar-refractivity contribution in [3.05, 3.63) is 107 Å². The normalized spacial score (nSPS) is 12.2. The van der Waals surface area contributed by atoms with Crippen molar-refractivity contribution >= 4 is 49.4 Å². The van der Waals surface area contributed by atoms with Crippen molar-refractivity contribution in [2.75, 3.05) is 5.32 Å². The summed E-state index contributed by atoms with van der Waals surface area (Å²) in [5.74, 6) is 0.623. The molecule has 0 saturated heterocycles. The highest BCUT2D eigenvalue weighted by Gasteiger charge is 2.20. The molecule has 0 fully saturated rings. The van der Waals surface area contributed by atoms with Crippen LogP contribution in [0.25, 0.3) is 49.1 Å². The van der Waals surface area contributed by atoms with Gasteiger partial charge in [-0.2, -0.15) is 0 Å². The zero-order valence-corrected chi connectivity index (χ0v) is 21.5. The van der Waals surface area contributed by atoms with Gasteiger partial charge in [0, 0.05) is 35.5 Å². The maximum atomic E-state index is 14.4. The summed E-state index contributed by atoms with van der Waals surface area (Å²) in [5, 5.41) is 4.89. The SMILES string of the molecule is C[C@H](Nc1ncnc2scnc12)c1cc2cccc(-c3cnc4nccnc4c3)c2c(=O)n1-c1ccccc1. The highest BCUT2D eigenvalue weighted by atomic mass is 32.1. The highest BCUT2D eigenvalue weighted by Crippen LogP contribution is 2.31. The fraction of sp³-hybridized carbons (Fsp3) is 0.0690. The Labute approximate surface area is 225 Å². The monoisotopic (exact) mass is 528 g/mol. The van der Waals surface area contributed by atoms with Gasteiger partial charge in [0.25, 0.3) is 5.56 Å². The minimum absolute atomic E-state index is 0.126. The van der Waals surface area contributed by atoms with E-state index in [1.807, 2.05) is 61.5 Å². The number of aromatic nitrogens is 7. The van der Waals surface area contributed by atoms with Gasteiger partial charge >= 0.3 is 0 Å². The summed E-state index contributed by atoms with van der Waals surface area (Å²) in [4.78, 5) is 41.5. The molecule has 1 N–H and O–H groups in total. The first-order valence-corrected chi connectivity index (χ1v) is 13.2. The van der Waals surface area contributed by atoms with Gasteiger partial charge in [-0.3, -0.25) is 14.3 Å². The van der Waals surface area contributed by atoms with Crippen molar-refractivity contribution in [3.8, 4) is 16.8 Å². The number of fused-ring (bicyclic) bond motifs is 3. The highest BCUT2D eigenvalue weighted by molar-refractivity contribution is 7.16. The summed E-state index contributed by atoms with van der Waals surface area (Å²) in [7, 11) is 0. The molecule has 0 saturated carbocycles. The Bertz CT molecular complexity index is 2050. The quantitative estimate of drug-likeness (QED) is 0.309. The minimum Gasteiger partial charge on any atom is -0.360 e. The maximum Gasteiger partial charge on any atom is 0.263 e. The molecule has 2 aromatic carbocycles. The van der Waals surface area contributed by atoms with Crippen LogP contribution in [-0.4, -0.2) is 34.5 Å². The van der Waals surface area contributed by atoms with E-state index in [1.54, 1.807) is 28.7 Å². The number of nitrogens with zero attached hydrogens (tertiary/aromatic N) is 7. The molecule has 0 bridgehead atoms. The van der Waals surface area contributed by atoms with E-state index in [9.17, 15) is 4.79 Å². The molecule has 0 unspecified atom stereocenters. The van der Waals surface area contributed by atoms with E-state index < -0.39 is 0 Å². The van der Waals surface area contributed by atoms with Gasteiger partial charge in [-0.1, -0.05) is 36.4 Å². The Morgan fingerprint density at radius 3 is 2.67 bits per heavy atom. The number of anilines is 1. The first-order valence-electron chi connectivity index (χ1n) is 12.3. The minimum atomic E-state index is -0.275. The van der Waals surface area contributed by atoms with Gasteiger partial charge in [-0.05, 0) is 42.1 Å². The standard InChI is InChI=1S/C29H20N8OS/c1-17(36-27-25-28(34-15-33-27)39-16-35-25)23-13-18-6-5-9-21(19-12-22-26(32-14-19)31-11-10-30-22)24(18)29(38)37(23)20-7-3-2-4-8-20/h2-17H,1H3,(H,33,34,36)/t17-/m0/s1. The number of hydrogen-bond donors (Lipinski definition) is 1. The lowest BCUT2D eigenvalue weighted by atomic mass is 9.98. The molecule has 9 nitrogen and oxygen atoms in total. The van der Waals surface area contributed by atoms with Crippen molar-refractivity contribution < 1.29 is 0 Å². The van der Waals surface area contributed by atoms with Gasteiger partial charge in [-0.25, -0.2) is 24.9 Å². The number of para-hydroxylation sites is 1.